The van der Waals surface area contributed by atoms with Crippen molar-refractivity contribution in [1.29, 1.82) is 5.26 Å². The Balaban J connectivity index is 1.69. The Kier molecular flexibility index (Phi) is 7.21. The molecule has 1 heterocycles. The normalized spacial score (nSPS) is 16.7. The molecule has 0 bridgehead atoms. The molecule has 0 aliphatic carbocycles. The molecule has 4 rings (SSSR count). The Labute approximate surface area is 206 Å². The lowest BCUT2D eigenvalue weighted by Gasteiger charge is -2.18. The number of nitrogens with zero attached hydrogens (tertiary/aromatic N) is 2. The second kappa shape index (κ2) is 10.5. The Bertz CT molecular complexity index is 1290. The smallest absolute Gasteiger partial charge is 0.269 e. The van der Waals surface area contributed by atoms with E-state index in [1.807, 2.05) is 36.4 Å². The average molecular weight is 490 g/mol. The number of amides is 2. The Hall–Kier alpha value is -3.73. The third kappa shape index (κ3) is 5.09. The molecule has 6 nitrogen and oxygen atoms in total. The molecule has 1 atom stereocenters. The lowest BCUT2D eigenvalue weighted by atomic mass is 10.1. The van der Waals surface area contributed by atoms with E-state index in [1.54, 1.807) is 55.6 Å². The molecular weight excluding hydrogens is 470 g/mol. The number of carbonyl (C=O) groups is 2. The molecule has 0 spiro atoms. The first-order valence-corrected chi connectivity index (χ1v) is 11.7. The third-order valence-corrected chi connectivity index (χ3v) is 6.68. The van der Waals surface area contributed by atoms with E-state index in [0.29, 0.717) is 27.8 Å². The van der Waals surface area contributed by atoms with Gasteiger partial charge in [-0.05, 0) is 54.4 Å². The summed E-state index contributed by atoms with van der Waals surface area (Å²) in [5, 5.41) is 12.9. The Morgan fingerprint density at radius 1 is 1.12 bits per heavy atom. The van der Waals surface area contributed by atoms with Gasteiger partial charge in [0.25, 0.3) is 5.91 Å². The van der Waals surface area contributed by atoms with Crippen LogP contribution >= 0.6 is 23.4 Å². The standard InChI is InChI=1S/C26H20ClN3O3S/c1-33-21-12-10-17(11-13-21)14-23-25(32)30(20-8-3-2-4-9-20)26(34-23)22(16-28)24(31)29-19-7-5-6-18(27)15-19/h2-13,15,23H,14H2,1H3,(H,29,31)/b26-22-/t23-/m0/s1. The van der Waals surface area contributed by atoms with Crippen LogP contribution in [0.4, 0.5) is 11.4 Å². The molecular formula is C26H20ClN3O3S. The van der Waals surface area contributed by atoms with Crippen molar-refractivity contribution in [2.45, 2.75) is 11.7 Å². The zero-order chi connectivity index (χ0) is 24.1. The number of hydrogen-bond acceptors (Lipinski definition) is 5. The summed E-state index contributed by atoms with van der Waals surface area (Å²) in [5.41, 5.74) is 1.86. The van der Waals surface area contributed by atoms with Crippen molar-refractivity contribution >= 4 is 46.6 Å². The van der Waals surface area contributed by atoms with Crippen LogP contribution in [0.3, 0.4) is 0 Å². The van der Waals surface area contributed by atoms with E-state index in [1.165, 1.54) is 16.7 Å². The van der Waals surface area contributed by atoms with Crippen LogP contribution in [0.1, 0.15) is 5.56 Å². The van der Waals surface area contributed by atoms with Gasteiger partial charge in [0, 0.05) is 16.4 Å². The lowest BCUT2D eigenvalue weighted by Crippen LogP contribution is -2.30. The van der Waals surface area contributed by atoms with Gasteiger partial charge >= 0.3 is 0 Å². The number of nitrogens with one attached hydrogen (secondary N) is 1. The summed E-state index contributed by atoms with van der Waals surface area (Å²) < 4.78 is 5.20. The maximum Gasteiger partial charge on any atom is 0.269 e. The van der Waals surface area contributed by atoms with E-state index in [4.69, 9.17) is 16.3 Å². The minimum Gasteiger partial charge on any atom is -0.497 e. The van der Waals surface area contributed by atoms with Gasteiger partial charge in [-0.3, -0.25) is 14.5 Å². The second-order valence-electron chi connectivity index (χ2n) is 7.42. The number of carbonyl (C=O) groups excluding carboxylic acids is 2. The van der Waals surface area contributed by atoms with Crippen LogP contribution < -0.4 is 15.0 Å². The van der Waals surface area contributed by atoms with Gasteiger partial charge < -0.3 is 10.1 Å². The molecule has 0 aromatic heterocycles. The molecule has 0 radical (unpaired) electrons. The second-order valence-corrected chi connectivity index (χ2v) is 9.05. The summed E-state index contributed by atoms with van der Waals surface area (Å²) in [6.45, 7) is 0. The van der Waals surface area contributed by atoms with E-state index < -0.39 is 11.2 Å². The third-order valence-electron chi connectivity index (χ3n) is 5.18. The SMILES string of the molecule is COc1ccc(C[C@@H]2S/C(=C(/C#N)C(=O)Nc3cccc(Cl)c3)N(c3ccccc3)C2=O)cc1. The molecule has 1 saturated heterocycles. The average Bonchev–Trinajstić information content (AvgIpc) is 3.16. The van der Waals surface area contributed by atoms with Crippen LogP contribution in [0.2, 0.25) is 5.02 Å². The van der Waals surface area contributed by atoms with Crippen molar-refractivity contribution in [2.24, 2.45) is 0 Å². The molecule has 0 saturated carbocycles. The van der Waals surface area contributed by atoms with Gasteiger partial charge in [0.1, 0.15) is 22.4 Å². The molecule has 1 aliphatic rings. The van der Waals surface area contributed by atoms with Crippen molar-refractivity contribution in [3.63, 3.8) is 0 Å². The molecule has 0 unspecified atom stereocenters. The van der Waals surface area contributed by atoms with Gasteiger partial charge in [-0.1, -0.05) is 59.8 Å². The number of thioether (sulfide) groups is 1. The summed E-state index contributed by atoms with van der Waals surface area (Å²) in [4.78, 5) is 28.0. The number of rotatable bonds is 6. The Morgan fingerprint density at radius 3 is 2.50 bits per heavy atom. The quantitative estimate of drug-likeness (QED) is 0.369. The number of anilines is 2. The highest BCUT2D eigenvalue weighted by Gasteiger charge is 2.40. The van der Waals surface area contributed by atoms with Crippen molar-refractivity contribution in [3.8, 4) is 11.8 Å². The topological polar surface area (TPSA) is 82.4 Å². The molecule has 1 N–H and O–H groups in total. The monoisotopic (exact) mass is 489 g/mol. The maximum atomic E-state index is 13.5. The van der Waals surface area contributed by atoms with Crippen molar-refractivity contribution in [3.05, 3.63) is 100 Å². The number of para-hydroxylation sites is 1. The highest BCUT2D eigenvalue weighted by Crippen LogP contribution is 2.42. The van der Waals surface area contributed by atoms with Gasteiger partial charge in [-0.2, -0.15) is 5.26 Å². The molecule has 1 aliphatic heterocycles. The van der Waals surface area contributed by atoms with Crippen molar-refractivity contribution in [1.82, 2.24) is 0 Å². The van der Waals surface area contributed by atoms with Crippen LogP contribution in [0, 0.1) is 11.3 Å². The number of hydrogen-bond donors (Lipinski definition) is 1. The zero-order valence-electron chi connectivity index (χ0n) is 18.2. The molecule has 34 heavy (non-hydrogen) atoms. The number of ether oxygens (including phenoxy) is 1. The van der Waals surface area contributed by atoms with Crippen LogP contribution in [0.25, 0.3) is 0 Å². The van der Waals surface area contributed by atoms with Gasteiger partial charge in [0.05, 0.1) is 12.4 Å². The van der Waals surface area contributed by atoms with E-state index in [0.717, 1.165) is 11.3 Å². The Morgan fingerprint density at radius 2 is 1.85 bits per heavy atom. The van der Waals surface area contributed by atoms with E-state index in [9.17, 15) is 14.9 Å². The number of nitriles is 1. The number of methoxy groups -OCH3 is 1. The summed E-state index contributed by atoms with van der Waals surface area (Å²) in [5.74, 6) is -0.0680. The highest BCUT2D eigenvalue weighted by atomic mass is 35.5. The first-order chi connectivity index (χ1) is 16.5. The van der Waals surface area contributed by atoms with E-state index in [-0.39, 0.29) is 11.5 Å². The van der Waals surface area contributed by atoms with Crippen molar-refractivity contribution < 1.29 is 14.3 Å². The summed E-state index contributed by atoms with van der Waals surface area (Å²) >= 11 is 7.23. The number of halogens is 1. The molecule has 170 valence electrons. The van der Waals surface area contributed by atoms with Crippen LogP contribution in [0.15, 0.2) is 89.5 Å². The zero-order valence-corrected chi connectivity index (χ0v) is 19.8. The van der Waals surface area contributed by atoms with Crippen molar-refractivity contribution in [2.75, 3.05) is 17.3 Å². The fraction of sp³-hybridized carbons (Fsp3) is 0.115. The van der Waals surface area contributed by atoms with Crippen LogP contribution in [-0.2, 0) is 16.0 Å². The minimum absolute atomic E-state index is 0.139. The first kappa shape index (κ1) is 23.4. The maximum absolute atomic E-state index is 13.5. The lowest BCUT2D eigenvalue weighted by molar-refractivity contribution is -0.117. The fourth-order valence-electron chi connectivity index (χ4n) is 3.53. The van der Waals surface area contributed by atoms with E-state index in [2.05, 4.69) is 5.32 Å². The predicted octanol–water partition coefficient (Wildman–Crippen LogP) is 5.41. The fourth-order valence-corrected chi connectivity index (χ4v) is 5.03. The minimum atomic E-state index is -0.605. The van der Waals surface area contributed by atoms with Crippen LogP contribution in [0.5, 0.6) is 5.75 Å². The summed E-state index contributed by atoms with van der Waals surface area (Å²) in [6, 6.07) is 25.1. The predicted molar refractivity (Wildman–Crippen MR) is 135 cm³/mol. The highest BCUT2D eigenvalue weighted by molar-refractivity contribution is 8.05. The van der Waals surface area contributed by atoms with Gasteiger partial charge in [-0.15, -0.1) is 0 Å². The molecule has 8 heteroatoms. The molecule has 2 amide bonds. The summed E-state index contributed by atoms with van der Waals surface area (Å²) in [6.07, 6.45) is 0.439. The largest absolute Gasteiger partial charge is 0.497 e. The van der Waals surface area contributed by atoms with Gasteiger partial charge in [0.15, 0.2) is 0 Å². The first-order valence-electron chi connectivity index (χ1n) is 10.4. The molecule has 3 aromatic rings. The molecule has 1 fully saturated rings. The van der Waals surface area contributed by atoms with Gasteiger partial charge in [-0.25, -0.2) is 0 Å². The van der Waals surface area contributed by atoms with E-state index >= 15 is 0 Å². The summed E-state index contributed by atoms with van der Waals surface area (Å²) in [7, 11) is 1.60. The van der Waals surface area contributed by atoms with Gasteiger partial charge in [0.2, 0.25) is 5.91 Å². The molecule has 3 aromatic carbocycles. The number of benzene rings is 3. The van der Waals surface area contributed by atoms with Crippen LogP contribution in [-0.4, -0.2) is 24.2 Å².